The van der Waals surface area contributed by atoms with Crippen LogP contribution in [0.3, 0.4) is 0 Å². The van der Waals surface area contributed by atoms with Crippen LogP contribution in [0.2, 0.25) is 0 Å². The SMILES string of the molecule is O=C(NC1CCNCC1c1ccccc1)C1CCCc2ccccc21. The lowest BCUT2D eigenvalue weighted by atomic mass is 9.81. The van der Waals surface area contributed by atoms with Gasteiger partial charge in [0.15, 0.2) is 0 Å². The molecule has 3 heteroatoms. The summed E-state index contributed by atoms with van der Waals surface area (Å²) in [6.07, 6.45) is 4.15. The summed E-state index contributed by atoms with van der Waals surface area (Å²) in [5, 5.41) is 6.88. The molecule has 4 rings (SSSR count). The van der Waals surface area contributed by atoms with E-state index in [1.807, 2.05) is 6.07 Å². The lowest BCUT2D eigenvalue weighted by molar-refractivity contribution is -0.123. The van der Waals surface area contributed by atoms with Gasteiger partial charge in [-0.2, -0.15) is 0 Å². The van der Waals surface area contributed by atoms with Crippen LogP contribution in [0.5, 0.6) is 0 Å². The van der Waals surface area contributed by atoms with Crippen molar-refractivity contribution in [2.45, 2.75) is 43.6 Å². The molecule has 2 N–H and O–H groups in total. The van der Waals surface area contributed by atoms with E-state index in [2.05, 4.69) is 59.2 Å². The lowest BCUT2D eigenvalue weighted by Gasteiger charge is -2.35. The molecule has 1 saturated heterocycles. The van der Waals surface area contributed by atoms with Gasteiger partial charge in [0.25, 0.3) is 0 Å². The fourth-order valence-electron chi connectivity index (χ4n) is 4.39. The summed E-state index contributed by atoms with van der Waals surface area (Å²) in [4.78, 5) is 13.1. The summed E-state index contributed by atoms with van der Waals surface area (Å²) in [5.41, 5.74) is 3.89. The Labute approximate surface area is 149 Å². The van der Waals surface area contributed by atoms with Gasteiger partial charge in [0.1, 0.15) is 0 Å². The van der Waals surface area contributed by atoms with E-state index < -0.39 is 0 Å². The molecular weight excluding hydrogens is 308 g/mol. The minimum absolute atomic E-state index is 0.0104. The Morgan fingerprint density at radius 3 is 2.68 bits per heavy atom. The molecule has 1 aliphatic heterocycles. The van der Waals surface area contributed by atoms with Gasteiger partial charge in [0.05, 0.1) is 5.92 Å². The number of hydrogen-bond acceptors (Lipinski definition) is 2. The summed E-state index contributed by atoms with van der Waals surface area (Å²) in [6, 6.07) is 19.2. The number of carbonyl (C=O) groups is 1. The maximum Gasteiger partial charge on any atom is 0.227 e. The Bertz CT molecular complexity index is 728. The molecule has 0 saturated carbocycles. The third-order valence-electron chi connectivity index (χ3n) is 5.72. The van der Waals surface area contributed by atoms with Gasteiger partial charge in [0.2, 0.25) is 5.91 Å². The van der Waals surface area contributed by atoms with Crippen molar-refractivity contribution in [2.75, 3.05) is 13.1 Å². The molecule has 0 aromatic heterocycles. The Kier molecular flexibility index (Phi) is 4.84. The van der Waals surface area contributed by atoms with Crippen molar-refractivity contribution in [3.63, 3.8) is 0 Å². The maximum atomic E-state index is 13.1. The maximum absolute atomic E-state index is 13.1. The summed E-state index contributed by atoms with van der Waals surface area (Å²) in [6.45, 7) is 1.89. The quantitative estimate of drug-likeness (QED) is 0.903. The van der Waals surface area contributed by atoms with Gasteiger partial charge in [-0.25, -0.2) is 0 Å². The van der Waals surface area contributed by atoms with Crippen LogP contribution in [-0.2, 0) is 11.2 Å². The molecule has 2 aliphatic rings. The molecule has 0 spiro atoms. The van der Waals surface area contributed by atoms with E-state index in [1.54, 1.807) is 0 Å². The number of nitrogens with one attached hydrogen (secondary N) is 2. The highest BCUT2D eigenvalue weighted by molar-refractivity contribution is 5.84. The predicted octanol–water partition coefficient (Wildman–Crippen LogP) is 3.37. The molecule has 1 fully saturated rings. The highest BCUT2D eigenvalue weighted by atomic mass is 16.1. The van der Waals surface area contributed by atoms with Crippen molar-refractivity contribution in [2.24, 2.45) is 0 Å². The zero-order valence-corrected chi connectivity index (χ0v) is 14.6. The van der Waals surface area contributed by atoms with E-state index in [9.17, 15) is 4.79 Å². The fraction of sp³-hybridized carbons (Fsp3) is 0.409. The van der Waals surface area contributed by atoms with Gasteiger partial charge in [-0.05, 0) is 48.9 Å². The van der Waals surface area contributed by atoms with E-state index in [4.69, 9.17) is 0 Å². The largest absolute Gasteiger partial charge is 0.352 e. The van der Waals surface area contributed by atoms with Gasteiger partial charge < -0.3 is 10.6 Å². The predicted molar refractivity (Wildman–Crippen MR) is 101 cm³/mol. The van der Waals surface area contributed by atoms with Gasteiger partial charge >= 0.3 is 0 Å². The van der Waals surface area contributed by atoms with Gasteiger partial charge in [-0.1, -0.05) is 54.6 Å². The average molecular weight is 334 g/mol. The van der Waals surface area contributed by atoms with E-state index in [-0.39, 0.29) is 17.9 Å². The smallest absolute Gasteiger partial charge is 0.227 e. The summed E-state index contributed by atoms with van der Waals surface area (Å²) >= 11 is 0. The monoisotopic (exact) mass is 334 g/mol. The molecule has 3 unspecified atom stereocenters. The zero-order valence-electron chi connectivity index (χ0n) is 14.6. The zero-order chi connectivity index (χ0) is 17.1. The van der Waals surface area contributed by atoms with Gasteiger partial charge in [-0.3, -0.25) is 4.79 Å². The Morgan fingerprint density at radius 1 is 1.00 bits per heavy atom. The van der Waals surface area contributed by atoms with Crippen molar-refractivity contribution in [1.29, 1.82) is 0 Å². The first kappa shape index (κ1) is 16.3. The Balaban J connectivity index is 1.52. The fourth-order valence-corrected chi connectivity index (χ4v) is 4.39. The summed E-state index contributed by atoms with van der Waals surface area (Å²) in [5.74, 6) is 0.564. The number of carbonyl (C=O) groups excluding carboxylic acids is 1. The lowest BCUT2D eigenvalue weighted by Crippen LogP contribution is -2.49. The van der Waals surface area contributed by atoms with E-state index >= 15 is 0 Å². The van der Waals surface area contributed by atoms with E-state index in [0.717, 1.165) is 38.8 Å². The molecule has 1 heterocycles. The van der Waals surface area contributed by atoms with Gasteiger partial charge in [0, 0.05) is 18.5 Å². The number of hydrogen-bond donors (Lipinski definition) is 2. The van der Waals surface area contributed by atoms with Gasteiger partial charge in [-0.15, -0.1) is 0 Å². The molecule has 2 aromatic rings. The molecule has 130 valence electrons. The number of rotatable bonds is 3. The van der Waals surface area contributed by atoms with Crippen LogP contribution in [0.4, 0.5) is 0 Å². The number of amides is 1. The molecule has 25 heavy (non-hydrogen) atoms. The molecule has 2 aromatic carbocycles. The van der Waals surface area contributed by atoms with Crippen LogP contribution in [0, 0.1) is 0 Å². The Morgan fingerprint density at radius 2 is 1.80 bits per heavy atom. The molecule has 0 bridgehead atoms. The summed E-state index contributed by atoms with van der Waals surface area (Å²) < 4.78 is 0. The molecule has 3 nitrogen and oxygen atoms in total. The number of aryl methyl sites for hydroxylation is 1. The second-order valence-electron chi connectivity index (χ2n) is 7.27. The first-order valence-corrected chi connectivity index (χ1v) is 9.47. The molecule has 1 aliphatic carbocycles. The molecule has 0 radical (unpaired) electrons. The van der Waals surface area contributed by atoms with E-state index in [0.29, 0.717) is 5.92 Å². The second-order valence-corrected chi connectivity index (χ2v) is 7.27. The van der Waals surface area contributed by atoms with Crippen molar-refractivity contribution in [3.8, 4) is 0 Å². The number of benzene rings is 2. The van der Waals surface area contributed by atoms with Crippen LogP contribution in [-0.4, -0.2) is 25.0 Å². The van der Waals surface area contributed by atoms with Crippen molar-refractivity contribution in [3.05, 3.63) is 71.3 Å². The van der Waals surface area contributed by atoms with Crippen LogP contribution in [0.1, 0.15) is 47.8 Å². The molecular formula is C22H26N2O. The highest BCUT2D eigenvalue weighted by Crippen LogP contribution is 2.32. The first-order chi connectivity index (χ1) is 12.3. The van der Waals surface area contributed by atoms with E-state index in [1.165, 1.54) is 16.7 Å². The van der Waals surface area contributed by atoms with Crippen LogP contribution < -0.4 is 10.6 Å². The standard InChI is InChI=1S/C22H26N2O/c25-22(19-12-6-10-16-9-4-5-11-18(16)19)24-21-13-14-23-15-20(21)17-7-2-1-3-8-17/h1-5,7-9,11,19-21,23H,6,10,12-15H2,(H,24,25). The first-order valence-electron chi connectivity index (χ1n) is 9.47. The average Bonchev–Trinajstić information content (AvgIpc) is 2.68. The normalized spacial score (nSPS) is 25.8. The number of piperidine rings is 1. The van der Waals surface area contributed by atoms with Crippen molar-refractivity contribution < 1.29 is 4.79 Å². The van der Waals surface area contributed by atoms with Crippen LogP contribution >= 0.6 is 0 Å². The molecule has 3 atom stereocenters. The number of fused-ring (bicyclic) bond motifs is 1. The minimum atomic E-state index is 0.0104. The topological polar surface area (TPSA) is 41.1 Å². The molecule has 1 amide bonds. The van der Waals surface area contributed by atoms with Crippen molar-refractivity contribution in [1.82, 2.24) is 10.6 Å². The van der Waals surface area contributed by atoms with Crippen LogP contribution in [0.15, 0.2) is 54.6 Å². The van der Waals surface area contributed by atoms with Crippen LogP contribution in [0.25, 0.3) is 0 Å². The third-order valence-corrected chi connectivity index (χ3v) is 5.72. The Hall–Kier alpha value is -2.13. The second kappa shape index (κ2) is 7.40. The summed E-state index contributed by atoms with van der Waals surface area (Å²) in [7, 11) is 0. The van der Waals surface area contributed by atoms with Crippen molar-refractivity contribution >= 4 is 5.91 Å². The minimum Gasteiger partial charge on any atom is -0.352 e. The third kappa shape index (κ3) is 3.47. The highest BCUT2D eigenvalue weighted by Gasteiger charge is 2.32.